The van der Waals surface area contributed by atoms with Crippen molar-refractivity contribution < 1.29 is 0 Å². The van der Waals surface area contributed by atoms with Gasteiger partial charge in [-0.1, -0.05) is 15.9 Å². The van der Waals surface area contributed by atoms with E-state index in [1.807, 2.05) is 12.1 Å². The molecule has 1 aliphatic rings. The summed E-state index contributed by atoms with van der Waals surface area (Å²) in [6.45, 7) is 0. The van der Waals surface area contributed by atoms with E-state index in [0.29, 0.717) is 5.92 Å². The molecule has 0 saturated heterocycles. The quantitative estimate of drug-likeness (QED) is 0.822. The van der Waals surface area contributed by atoms with Crippen molar-refractivity contribution in [3.8, 4) is 0 Å². The molecule has 4 N–H and O–H groups in total. The van der Waals surface area contributed by atoms with Crippen molar-refractivity contribution in [2.75, 3.05) is 5.73 Å². The molecule has 0 heterocycles. The molecule has 4 heteroatoms. The number of halogens is 2. The summed E-state index contributed by atoms with van der Waals surface area (Å²) in [5.74, 6) is 0.624. The molecule has 0 spiro atoms. The average Bonchev–Trinajstić information content (AvgIpc) is 2.93. The van der Waals surface area contributed by atoms with E-state index in [1.54, 1.807) is 0 Å². The summed E-state index contributed by atoms with van der Waals surface area (Å²) < 4.78 is 1.93. The molecule has 1 fully saturated rings. The maximum atomic E-state index is 6.12. The van der Waals surface area contributed by atoms with Crippen molar-refractivity contribution in [3.63, 3.8) is 0 Å². The highest BCUT2D eigenvalue weighted by atomic mass is 79.9. The second kappa shape index (κ2) is 3.83. The molecule has 0 aliphatic heterocycles. The van der Waals surface area contributed by atoms with Crippen LogP contribution < -0.4 is 11.5 Å². The molecule has 1 atom stereocenters. The second-order valence-corrected chi connectivity index (χ2v) is 5.52. The Hall–Kier alpha value is -0.0600. The highest BCUT2D eigenvalue weighted by Crippen LogP contribution is 2.43. The van der Waals surface area contributed by atoms with E-state index in [2.05, 4.69) is 31.9 Å². The van der Waals surface area contributed by atoms with Crippen LogP contribution in [0.1, 0.15) is 24.4 Å². The molecule has 1 aromatic carbocycles. The molecule has 2 rings (SSSR count). The summed E-state index contributed by atoms with van der Waals surface area (Å²) in [6.07, 6.45) is 2.45. The molecule has 0 aromatic heterocycles. The number of hydrogen-bond donors (Lipinski definition) is 2. The Balaban J connectivity index is 2.39. The number of rotatable bonds is 2. The smallest absolute Gasteiger partial charge is 0.0507 e. The number of anilines is 1. The molecule has 1 aromatic rings. The Labute approximate surface area is 100 Å². The predicted octanol–water partition coefficient (Wildman–Crippen LogP) is 3.20. The maximum absolute atomic E-state index is 6.12. The van der Waals surface area contributed by atoms with Gasteiger partial charge < -0.3 is 11.5 Å². The first-order valence-electron chi connectivity index (χ1n) is 4.59. The first-order valence-corrected chi connectivity index (χ1v) is 6.18. The van der Waals surface area contributed by atoms with Gasteiger partial charge in [-0.2, -0.15) is 0 Å². The fraction of sp³-hybridized carbons (Fsp3) is 0.400. The molecule has 2 nitrogen and oxygen atoms in total. The normalized spacial score (nSPS) is 18.2. The van der Waals surface area contributed by atoms with E-state index in [4.69, 9.17) is 11.5 Å². The van der Waals surface area contributed by atoms with Crippen LogP contribution in [0.4, 0.5) is 5.69 Å². The Morgan fingerprint density at radius 1 is 1.29 bits per heavy atom. The summed E-state index contributed by atoms with van der Waals surface area (Å²) in [7, 11) is 0. The van der Waals surface area contributed by atoms with E-state index in [0.717, 1.165) is 20.2 Å². The summed E-state index contributed by atoms with van der Waals surface area (Å²) >= 11 is 6.87. The second-order valence-electron chi connectivity index (χ2n) is 3.75. The monoisotopic (exact) mass is 318 g/mol. The molecular weight excluding hydrogens is 308 g/mol. The zero-order valence-electron chi connectivity index (χ0n) is 7.63. The minimum Gasteiger partial charge on any atom is -0.398 e. The topological polar surface area (TPSA) is 52.0 Å². The van der Waals surface area contributed by atoms with Crippen LogP contribution in [0.5, 0.6) is 0 Å². The van der Waals surface area contributed by atoms with Gasteiger partial charge >= 0.3 is 0 Å². The Morgan fingerprint density at radius 3 is 2.50 bits per heavy atom. The van der Waals surface area contributed by atoms with Crippen molar-refractivity contribution in [1.29, 1.82) is 0 Å². The van der Waals surface area contributed by atoms with Crippen LogP contribution in [0, 0.1) is 5.92 Å². The van der Waals surface area contributed by atoms with E-state index in [1.165, 1.54) is 12.8 Å². The van der Waals surface area contributed by atoms with Crippen LogP contribution in [0.15, 0.2) is 21.1 Å². The molecule has 0 amide bonds. The van der Waals surface area contributed by atoms with Crippen molar-refractivity contribution in [3.05, 3.63) is 26.6 Å². The molecule has 76 valence electrons. The lowest BCUT2D eigenvalue weighted by molar-refractivity contribution is 0.635. The van der Waals surface area contributed by atoms with Crippen LogP contribution in [0.3, 0.4) is 0 Å². The molecule has 1 saturated carbocycles. The van der Waals surface area contributed by atoms with Gasteiger partial charge in [0.1, 0.15) is 0 Å². The minimum atomic E-state index is 0.0869. The van der Waals surface area contributed by atoms with E-state index < -0.39 is 0 Å². The fourth-order valence-electron chi connectivity index (χ4n) is 1.59. The number of benzene rings is 1. The van der Waals surface area contributed by atoms with Crippen molar-refractivity contribution in [1.82, 2.24) is 0 Å². The highest BCUT2D eigenvalue weighted by Gasteiger charge is 2.31. The first-order chi connectivity index (χ1) is 6.59. The summed E-state index contributed by atoms with van der Waals surface area (Å²) in [4.78, 5) is 0. The molecule has 0 radical (unpaired) electrons. The molecule has 1 unspecified atom stereocenters. The third kappa shape index (κ3) is 1.97. The standard InChI is InChI=1S/C10H12Br2N2/c11-6-3-7(9(13)5-1-2-5)10(14)8(12)4-6/h3-5,9H,1-2,13-14H2. The first kappa shape index (κ1) is 10.5. The lowest BCUT2D eigenvalue weighted by Gasteiger charge is -2.15. The zero-order chi connectivity index (χ0) is 10.3. The maximum Gasteiger partial charge on any atom is 0.0507 e. The van der Waals surface area contributed by atoms with Crippen molar-refractivity contribution >= 4 is 37.5 Å². The molecule has 1 aliphatic carbocycles. The average molecular weight is 320 g/mol. The van der Waals surface area contributed by atoms with Crippen LogP contribution in [-0.4, -0.2) is 0 Å². The van der Waals surface area contributed by atoms with Gasteiger partial charge in [0, 0.05) is 15.0 Å². The fourth-order valence-corrected chi connectivity index (χ4v) is 2.85. The van der Waals surface area contributed by atoms with Crippen molar-refractivity contribution in [2.24, 2.45) is 11.7 Å². The summed E-state index contributed by atoms with van der Waals surface area (Å²) in [5, 5.41) is 0. The molecule has 14 heavy (non-hydrogen) atoms. The largest absolute Gasteiger partial charge is 0.398 e. The lowest BCUT2D eigenvalue weighted by Crippen LogP contribution is -2.14. The Bertz CT molecular complexity index is 361. The van der Waals surface area contributed by atoms with E-state index in [9.17, 15) is 0 Å². The van der Waals surface area contributed by atoms with E-state index in [-0.39, 0.29) is 6.04 Å². The van der Waals surface area contributed by atoms with Gasteiger partial charge in [0.2, 0.25) is 0 Å². The van der Waals surface area contributed by atoms with Gasteiger partial charge in [-0.25, -0.2) is 0 Å². The van der Waals surface area contributed by atoms with Gasteiger partial charge in [-0.05, 0) is 52.4 Å². The number of nitrogen functional groups attached to an aromatic ring is 1. The van der Waals surface area contributed by atoms with Crippen LogP contribution >= 0.6 is 31.9 Å². The number of nitrogens with two attached hydrogens (primary N) is 2. The number of hydrogen-bond acceptors (Lipinski definition) is 2. The van der Waals surface area contributed by atoms with Crippen LogP contribution in [-0.2, 0) is 0 Å². The van der Waals surface area contributed by atoms with Gasteiger partial charge in [0.25, 0.3) is 0 Å². The van der Waals surface area contributed by atoms with Gasteiger partial charge in [0.15, 0.2) is 0 Å². The Morgan fingerprint density at radius 2 is 1.93 bits per heavy atom. The third-order valence-electron chi connectivity index (χ3n) is 2.62. The van der Waals surface area contributed by atoms with Crippen molar-refractivity contribution in [2.45, 2.75) is 18.9 Å². The molecular formula is C10H12Br2N2. The SMILES string of the molecule is Nc1c(Br)cc(Br)cc1C(N)C1CC1. The van der Waals surface area contributed by atoms with Gasteiger partial charge in [0.05, 0.1) is 5.69 Å². The summed E-state index contributed by atoms with van der Waals surface area (Å²) in [6, 6.07) is 4.05. The van der Waals surface area contributed by atoms with Gasteiger partial charge in [-0.15, -0.1) is 0 Å². The summed E-state index contributed by atoms with van der Waals surface area (Å²) in [5.41, 5.74) is 13.9. The minimum absolute atomic E-state index is 0.0869. The van der Waals surface area contributed by atoms with E-state index >= 15 is 0 Å². The van der Waals surface area contributed by atoms with Crippen LogP contribution in [0.25, 0.3) is 0 Å². The van der Waals surface area contributed by atoms with Gasteiger partial charge in [-0.3, -0.25) is 0 Å². The zero-order valence-corrected chi connectivity index (χ0v) is 10.8. The third-order valence-corrected chi connectivity index (χ3v) is 3.73. The predicted molar refractivity (Wildman–Crippen MR) is 65.9 cm³/mol. The molecule has 0 bridgehead atoms. The highest BCUT2D eigenvalue weighted by molar-refractivity contribution is 9.11. The van der Waals surface area contributed by atoms with Crippen LogP contribution in [0.2, 0.25) is 0 Å². The Kier molecular flexibility index (Phi) is 2.86. The lowest BCUT2D eigenvalue weighted by atomic mass is 10.0.